The number of sulfonamides is 1. The molecular formula is C15H28N2O2S2. The fraction of sp³-hybridized carbons (Fsp3) is 0.733. The van der Waals surface area contributed by atoms with Crippen molar-refractivity contribution < 1.29 is 8.42 Å². The zero-order valence-corrected chi connectivity index (χ0v) is 15.4. The molecule has 21 heavy (non-hydrogen) atoms. The SMILES string of the molecule is CCCN(C(C)C)S(=O)(=O)c1ccc(CCNC(C)C)s1. The molecule has 0 bridgehead atoms. The van der Waals surface area contributed by atoms with Crippen LogP contribution in [0.15, 0.2) is 16.3 Å². The van der Waals surface area contributed by atoms with E-state index in [1.807, 2.05) is 26.8 Å². The maximum atomic E-state index is 12.7. The van der Waals surface area contributed by atoms with Crippen LogP contribution < -0.4 is 5.32 Å². The second-order valence-electron chi connectivity index (χ2n) is 5.79. The van der Waals surface area contributed by atoms with Gasteiger partial charge in [-0.25, -0.2) is 8.42 Å². The minimum atomic E-state index is -3.35. The molecule has 0 radical (unpaired) electrons. The lowest BCUT2D eigenvalue weighted by molar-refractivity contribution is 0.355. The van der Waals surface area contributed by atoms with Crippen molar-refractivity contribution in [1.82, 2.24) is 9.62 Å². The largest absolute Gasteiger partial charge is 0.314 e. The van der Waals surface area contributed by atoms with Gasteiger partial charge in [0.15, 0.2) is 0 Å². The molecule has 1 aromatic heterocycles. The van der Waals surface area contributed by atoms with Gasteiger partial charge in [-0.15, -0.1) is 11.3 Å². The molecule has 0 atom stereocenters. The van der Waals surface area contributed by atoms with Gasteiger partial charge in [0, 0.05) is 30.1 Å². The lowest BCUT2D eigenvalue weighted by atomic mass is 10.3. The maximum absolute atomic E-state index is 12.7. The third kappa shape index (κ3) is 5.36. The average Bonchev–Trinajstić information content (AvgIpc) is 2.84. The highest BCUT2D eigenvalue weighted by molar-refractivity contribution is 7.91. The van der Waals surface area contributed by atoms with Gasteiger partial charge < -0.3 is 5.32 Å². The van der Waals surface area contributed by atoms with Crippen LogP contribution in [0.2, 0.25) is 0 Å². The molecule has 0 fully saturated rings. The van der Waals surface area contributed by atoms with Gasteiger partial charge in [-0.05, 0) is 38.8 Å². The van der Waals surface area contributed by atoms with Crippen molar-refractivity contribution >= 4 is 21.4 Å². The molecule has 6 heteroatoms. The van der Waals surface area contributed by atoms with Crippen molar-refractivity contribution in [2.24, 2.45) is 0 Å². The minimum absolute atomic E-state index is 0.0110. The van der Waals surface area contributed by atoms with Crippen LogP contribution in [-0.4, -0.2) is 37.9 Å². The van der Waals surface area contributed by atoms with Gasteiger partial charge in [-0.1, -0.05) is 20.8 Å². The van der Waals surface area contributed by atoms with Gasteiger partial charge in [0.25, 0.3) is 10.0 Å². The molecule has 0 amide bonds. The smallest absolute Gasteiger partial charge is 0.252 e. The van der Waals surface area contributed by atoms with Gasteiger partial charge in [0.05, 0.1) is 0 Å². The van der Waals surface area contributed by atoms with Gasteiger partial charge in [-0.3, -0.25) is 0 Å². The van der Waals surface area contributed by atoms with Crippen LogP contribution in [-0.2, 0) is 16.4 Å². The third-order valence-corrected chi connectivity index (χ3v) is 6.83. The molecule has 1 heterocycles. The van der Waals surface area contributed by atoms with Crippen molar-refractivity contribution in [1.29, 1.82) is 0 Å². The summed E-state index contributed by atoms with van der Waals surface area (Å²) in [6.45, 7) is 11.5. The van der Waals surface area contributed by atoms with E-state index < -0.39 is 10.0 Å². The Bertz CT molecular complexity index is 522. The molecule has 1 rings (SSSR count). The van der Waals surface area contributed by atoms with Crippen LogP contribution >= 0.6 is 11.3 Å². The topological polar surface area (TPSA) is 49.4 Å². The van der Waals surface area contributed by atoms with Crippen LogP contribution in [0.25, 0.3) is 0 Å². The molecule has 0 saturated heterocycles. The number of hydrogen-bond donors (Lipinski definition) is 1. The Morgan fingerprint density at radius 1 is 1.24 bits per heavy atom. The number of nitrogens with zero attached hydrogens (tertiary/aromatic N) is 1. The van der Waals surface area contributed by atoms with Crippen LogP contribution in [0.1, 0.15) is 45.9 Å². The molecule has 0 aliphatic carbocycles. The first-order chi connectivity index (χ1) is 9.78. The summed E-state index contributed by atoms with van der Waals surface area (Å²) in [5.74, 6) is 0. The lowest BCUT2D eigenvalue weighted by Gasteiger charge is -2.24. The molecule has 4 nitrogen and oxygen atoms in total. The number of hydrogen-bond acceptors (Lipinski definition) is 4. The Labute approximate surface area is 133 Å². The highest BCUT2D eigenvalue weighted by atomic mass is 32.2. The molecule has 0 aliphatic rings. The number of rotatable bonds is 9. The molecule has 1 N–H and O–H groups in total. The summed E-state index contributed by atoms with van der Waals surface area (Å²) in [6.07, 6.45) is 1.70. The third-order valence-electron chi connectivity index (χ3n) is 3.14. The summed E-state index contributed by atoms with van der Waals surface area (Å²) in [5, 5.41) is 3.35. The summed E-state index contributed by atoms with van der Waals surface area (Å²) in [4.78, 5) is 1.11. The molecular weight excluding hydrogens is 304 g/mol. The predicted octanol–water partition coefficient (Wildman–Crippen LogP) is 3.10. The molecule has 1 aromatic rings. The normalized spacial score (nSPS) is 12.8. The molecule has 0 aliphatic heterocycles. The second-order valence-corrected chi connectivity index (χ2v) is 9.07. The molecule has 0 saturated carbocycles. The van der Waals surface area contributed by atoms with Gasteiger partial charge >= 0.3 is 0 Å². The van der Waals surface area contributed by atoms with Crippen molar-refractivity contribution in [3.05, 3.63) is 17.0 Å². The fourth-order valence-electron chi connectivity index (χ4n) is 2.11. The Kier molecular flexibility index (Phi) is 7.33. The van der Waals surface area contributed by atoms with E-state index >= 15 is 0 Å². The summed E-state index contributed by atoms with van der Waals surface area (Å²) in [6, 6.07) is 4.12. The maximum Gasteiger partial charge on any atom is 0.252 e. The Morgan fingerprint density at radius 2 is 1.90 bits per heavy atom. The van der Waals surface area contributed by atoms with E-state index in [0.717, 1.165) is 24.3 Å². The highest BCUT2D eigenvalue weighted by Crippen LogP contribution is 2.26. The van der Waals surface area contributed by atoms with E-state index in [1.165, 1.54) is 11.3 Å². The Balaban J connectivity index is 2.82. The van der Waals surface area contributed by atoms with Crippen molar-refractivity contribution in [2.45, 2.75) is 63.8 Å². The summed E-state index contributed by atoms with van der Waals surface area (Å²) < 4.78 is 27.4. The number of thiophene rings is 1. The molecule has 122 valence electrons. The van der Waals surface area contributed by atoms with Gasteiger partial charge in [0.1, 0.15) is 4.21 Å². The Hall–Kier alpha value is -0.430. The van der Waals surface area contributed by atoms with E-state index in [1.54, 1.807) is 10.4 Å². The lowest BCUT2D eigenvalue weighted by Crippen LogP contribution is -2.37. The van der Waals surface area contributed by atoms with Crippen LogP contribution in [0.5, 0.6) is 0 Å². The predicted molar refractivity (Wildman–Crippen MR) is 90.5 cm³/mol. The number of nitrogens with one attached hydrogen (secondary N) is 1. The first-order valence-corrected chi connectivity index (χ1v) is 9.88. The molecule has 0 aromatic carbocycles. The van der Waals surface area contributed by atoms with Gasteiger partial charge in [-0.2, -0.15) is 4.31 Å². The van der Waals surface area contributed by atoms with E-state index in [-0.39, 0.29) is 6.04 Å². The first-order valence-electron chi connectivity index (χ1n) is 7.63. The summed E-state index contributed by atoms with van der Waals surface area (Å²) in [5.41, 5.74) is 0. The Morgan fingerprint density at radius 3 is 2.43 bits per heavy atom. The first kappa shape index (κ1) is 18.6. The molecule has 0 unspecified atom stereocenters. The highest BCUT2D eigenvalue weighted by Gasteiger charge is 2.27. The van der Waals surface area contributed by atoms with E-state index in [9.17, 15) is 8.42 Å². The van der Waals surface area contributed by atoms with Crippen LogP contribution in [0.3, 0.4) is 0 Å². The standard InChI is InChI=1S/C15H28N2O2S2/c1-6-11-17(13(4)5)21(18,19)15-8-7-14(20-15)9-10-16-12(2)3/h7-8,12-13,16H,6,9-11H2,1-5H3. The minimum Gasteiger partial charge on any atom is -0.314 e. The van der Waals surface area contributed by atoms with Crippen molar-refractivity contribution in [3.63, 3.8) is 0 Å². The molecule has 0 spiro atoms. The van der Waals surface area contributed by atoms with Crippen molar-refractivity contribution in [3.8, 4) is 0 Å². The quantitative estimate of drug-likeness (QED) is 0.756. The van der Waals surface area contributed by atoms with Crippen LogP contribution in [0, 0.1) is 0 Å². The van der Waals surface area contributed by atoms with E-state index in [0.29, 0.717) is 16.8 Å². The average molecular weight is 333 g/mol. The summed E-state index contributed by atoms with van der Waals surface area (Å²) >= 11 is 1.39. The van der Waals surface area contributed by atoms with Crippen LogP contribution in [0.4, 0.5) is 0 Å². The zero-order valence-electron chi connectivity index (χ0n) is 13.7. The van der Waals surface area contributed by atoms with E-state index in [4.69, 9.17) is 0 Å². The van der Waals surface area contributed by atoms with E-state index in [2.05, 4.69) is 19.2 Å². The monoisotopic (exact) mass is 332 g/mol. The second kappa shape index (κ2) is 8.27. The fourth-order valence-corrected chi connectivity index (χ4v) is 5.32. The van der Waals surface area contributed by atoms with Gasteiger partial charge in [0.2, 0.25) is 0 Å². The van der Waals surface area contributed by atoms with Crippen molar-refractivity contribution in [2.75, 3.05) is 13.1 Å². The summed E-state index contributed by atoms with van der Waals surface area (Å²) in [7, 11) is -3.35. The zero-order chi connectivity index (χ0) is 16.0.